The third-order valence-electron chi connectivity index (χ3n) is 3.91. The van der Waals surface area contributed by atoms with Crippen molar-refractivity contribution in [1.82, 2.24) is 10.0 Å². The van der Waals surface area contributed by atoms with E-state index in [9.17, 15) is 8.42 Å². The topological polar surface area (TPSA) is 71.3 Å². The first-order valence-corrected chi connectivity index (χ1v) is 8.64. The first kappa shape index (κ1) is 15.5. The van der Waals surface area contributed by atoms with Crippen LogP contribution in [0.5, 0.6) is 0 Å². The summed E-state index contributed by atoms with van der Waals surface area (Å²) in [6.45, 7) is 5.15. The Hall–Kier alpha value is -0.850. The van der Waals surface area contributed by atoms with E-state index in [1.807, 2.05) is 0 Å². The molecule has 2 atom stereocenters. The van der Waals surface area contributed by atoms with Gasteiger partial charge in [0.1, 0.15) is 5.76 Å². The zero-order chi connectivity index (χ0) is 14.8. The summed E-state index contributed by atoms with van der Waals surface area (Å²) in [5, 5.41) is 3.45. The summed E-state index contributed by atoms with van der Waals surface area (Å²) in [7, 11) is -2.11. The molecule has 6 heteroatoms. The fraction of sp³-hybridized carbons (Fsp3) is 0.714. The molecule has 0 aromatic carbocycles. The fourth-order valence-corrected chi connectivity index (χ4v) is 3.72. The molecule has 0 amide bonds. The fourth-order valence-electron chi connectivity index (χ4n) is 3.06. The molecule has 1 aromatic heterocycles. The van der Waals surface area contributed by atoms with Crippen LogP contribution in [0.3, 0.4) is 0 Å². The zero-order valence-electron chi connectivity index (χ0n) is 12.3. The predicted octanol–water partition coefficient (Wildman–Crippen LogP) is 2.10. The molecule has 1 aliphatic carbocycles. The van der Waals surface area contributed by atoms with Crippen molar-refractivity contribution in [3.63, 3.8) is 0 Å². The predicted molar refractivity (Wildman–Crippen MR) is 77.8 cm³/mol. The Labute approximate surface area is 121 Å². The summed E-state index contributed by atoms with van der Waals surface area (Å²) < 4.78 is 30.8. The third kappa shape index (κ3) is 3.84. The molecule has 0 radical (unpaired) electrons. The van der Waals surface area contributed by atoms with Crippen LogP contribution in [0, 0.1) is 11.8 Å². The van der Waals surface area contributed by atoms with Crippen molar-refractivity contribution in [2.24, 2.45) is 11.8 Å². The molecule has 1 fully saturated rings. The number of sulfonamides is 1. The van der Waals surface area contributed by atoms with E-state index in [1.54, 1.807) is 6.07 Å². The molecule has 5 nitrogen and oxygen atoms in total. The highest BCUT2D eigenvalue weighted by Gasteiger charge is 2.24. The molecule has 0 saturated heterocycles. The number of nitrogens with one attached hydrogen (secondary N) is 2. The molecule has 2 unspecified atom stereocenters. The van der Waals surface area contributed by atoms with Gasteiger partial charge in [-0.05, 0) is 50.3 Å². The van der Waals surface area contributed by atoms with Crippen LogP contribution in [0.2, 0.25) is 0 Å². The van der Waals surface area contributed by atoms with Crippen LogP contribution in [0.1, 0.15) is 38.9 Å². The molecule has 2 rings (SSSR count). The van der Waals surface area contributed by atoms with Gasteiger partial charge in [-0.3, -0.25) is 0 Å². The van der Waals surface area contributed by atoms with Gasteiger partial charge in [-0.1, -0.05) is 13.8 Å². The second kappa shape index (κ2) is 6.28. The highest BCUT2D eigenvalue weighted by molar-refractivity contribution is 7.89. The second-order valence-corrected chi connectivity index (χ2v) is 7.74. The van der Waals surface area contributed by atoms with Gasteiger partial charge in [-0.25, -0.2) is 13.1 Å². The second-order valence-electron chi connectivity index (χ2n) is 5.92. The van der Waals surface area contributed by atoms with E-state index in [0.717, 1.165) is 11.8 Å². The van der Waals surface area contributed by atoms with Crippen molar-refractivity contribution >= 4 is 10.0 Å². The first-order valence-electron chi connectivity index (χ1n) is 7.16. The van der Waals surface area contributed by atoms with E-state index in [1.165, 1.54) is 32.4 Å². The summed E-state index contributed by atoms with van der Waals surface area (Å²) >= 11 is 0. The summed E-state index contributed by atoms with van der Waals surface area (Å²) in [6.07, 6.45) is 3.64. The molecule has 0 spiro atoms. The molecule has 1 aromatic rings. The minimum atomic E-state index is -3.48. The molecule has 0 bridgehead atoms. The van der Waals surface area contributed by atoms with Gasteiger partial charge in [-0.2, -0.15) is 0 Å². The standard InChI is InChI=1S/C14H24N2O3S/c1-10-6-11(2)8-12(7-10)16-9-13-4-5-14(19-13)20(17,18)15-3/h4-5,10-12,15-16H,6-9H2,1-3H3. The number of hydrogen-bond acceptors (Lipinski definition) is 4. The Morgan fingerprint density at radius 2 is 1.85 bits per heavy atom. The number of furan rings is 1. The molecular formula is C14H24N2O3S. The molecule has 114 valence electrons. The third-order valence-corrected chi connectivity index (χ3v) is 5.20. The molecule has 20 heavy (non-hydrogen) atoms. The van der Waals surface area contributed by atoms with Crippen molar-refractivity contribution in [3.05, 3.63) is 17.9 Å². The Morgan fingerprint density at radius 3 is 2.45 bits per heavy atom. The van der Waals surface area contributed by atoms with Crippen LogP contribution in [0.4, 0.5) is 0 Å². The van der Waals surface area contributed by atoms with Crippen molar-refractivity contribution in [2.75, 3.05) is 7.05 Å². The lowest BCUT2D eigenvalue weighted by atomic mass is 9.80. The van der Waals surface area contributed by atoms with Gasteiger partial charge < -0.3 is 9.73 Å². The van der Waals surface area contributed by atoms with Gasteiger partial charge in [0.05, 0.1) is 6.54 Å². The Kier molecular flexibility index (Phi) is 4.88. The van der Waals surface area contributed by atoms with E-state index in [4.69, 9.17) is 4.42 Å². The normalized spacial score (nSPS) is 27.6. The van der Waals surface area contributed by atoms with Crippen LogP contribution < -0.4 is 10.0 Å². The summed E-state index contributed by atoms with van der Waals surface area (Å²) in [6, 6.07) is 3.70. The van der Waals surface area contributed by atoms with Crippen molar-refractivity contribution in [2.45, 2.75) is 50.8 Å². The van der Waals surface area contributed by atoms with Crippen LogP contribution in [-0.4, -0.2) is 21.5 Å². The van der Waals surface area contributed by atoms with E-state index in [0.29, 0.717) is 18.3 Å². The van der Waals surface area contributed by atoms with Crippen molar-refractivity contribution in [1.29, 1.82) is 0 Å². The average molecular weight is 300 g/mol. The minimum Gasteiger partial charge on any atom is -0.447 e. The SMILES string of the molecule is CNS(=O)(=O)c1ccc(CNC2CC(C)CC(C)C2)o1. The van der Waals surface area contributed by atoms with Crippen LogP contribution >= 0.6 is 0 Å². The molecule has 0 aliphatic heterocycles. The van der Waals surface area contributed by atoms with Gasteiger partial charge in [-0.15, -0.1) is 0 Å². The highest BCUT2D eigenvalue weighted by Crippen LogP contribution is 2.28. The molecule has 1 heterocycles. The largest absolute Gasteiger partial charge is 0.447 e. The molecule has 2 N–H and O–H groups in total. The number of rotatable bonds is 5. The minimum absolute atomic E-state index is 0.0258. The number of hydrogen-bond donors (Lipinski definition) is 2. The summed E-state index contributed by atoms with van der Waals surface area (Å²) in [5.74, 6) is 2.14. The lowest BCUT2D eigenvalue weighted by molar-refractivity contribution is 0.233. The smallest absolute Gasteiger partial charge is 0.273 e. The first-order chi connectivity index (χ1) is 9.40. The molecule has 1 saturated carbocycles. The average Bonchev–Trinajstić information content (AvgIpc) is 2.85. The Bertz CT molecular complexity index is 528. The van der Waals surface area contributed by atoms with Gasteiger partial charge >= 0.3 is 0 Å². The Balaban J connectivity index is 1.92. The zero-order valence-corrected chi connectivity index (χ0v) is 13.2. The lowest BCUT2D eigenvalue weighted by Crippen LogP contribution is -2.35. The summed E-state index contributed by atoms with van der Waals surface area (Å²) in [4.78, 5) is 0. The van der Waals surface area contributed by atoms with E-state index < -0.39 is 10.0 Å². The van der Waals surface area contributed by atoms with Gasteiger partial charge in [0.25, 0.3) is 10.0 Å². The van der Waals surface area contributed by atoms with Crippen molar-refractivity contribution < 1.29 is 12.8 Å². The van der Waals surface area contributed by atoms with Crippen molar-refractivity contribution in [3.8, 4) is 0 Å². The van der Waals surface area contributed by atoms with Crippen LogP contribution in [0.25, 0.3) is 0 Å². The monoisotopic (exact) mass is 300 g/mol. The van der Waals surface area contributed by atoms with Gasteiger partial charge in [0, 0.05) is 6.04 Å². The Morgan fingerprint density at radius 1 is 1.20 bits per heavy atom. The van der Waals surface area contributed by atoms with Crippen LogP contribution in [-0.2, 0) is 16.6 Å². The highest BCUT2D eigenvalue weighted by atomic mass is 32.2. The summed E-state index contributed by atoms with van der Waals surface area (Å²) in [5.41, 5.74) is 0. The van der Waals surface area contributed by atoms with E-state index >= 15 is 0 Å². The van der Waals surface area contributed by atoms with E-state index in [2.05, 4.69) is 23.9 Å². The maximum atomic E-state index is 11.6. The lowest BCUT2D eigenvalue weighted by Gasteiger charge is -2.31. The molecule has 1 aliphatic rings. The molecular weight excluding hydrogens is 276 g/mol. The maximum Gasteiger partial charge on any atom is 0.273 e. The maximum absolute atomic E-state index is 11.6. The van der Waals surface area contributed by atoms with E-state index in [-0.39, 0.29) is 5.09 Å². The van der Waals surface area contributed by atoms with Gasteiger partial charge in [0.15, 0.2) is 0 Å². The van der Waals surface area contributed by atoms with Crippen LogP contribution in [0.15, 0.2) is 21.6 Å². The quantitative estimate of drug-likeness (QED) is 0.873. The van der Waals surface area contributed by atoms with Gasteiger partial charge in [0.2, 0.25) is 5.09 Å².